The van der Waals surface area contributed by atoms with Gasteiger partial charge in [0.05, 0.1) is 5.92 Å². The van der Waals surface area contributed by atoms with E-state index in [1.165, 1.54) is 0 Å². The first-order chi connectivity index (χ1) is 10.6. The van der Waals surface area contributed by atoms with E-state index in [2.05, 4.69) is 10.2 Å². The summed E-state index contributed by atoms with van der Waals surface area (Å²) in [6.07, 6.45) is 4.52. The molecule has 2 aromatic rings. The highest BCUT2D eigenvalue weighted by Gasteiger charge is 2.28. The molecule has 114 valence electrons. The van der Waals surface area contributed by atoms with E-state index < -0.39 is 11.9 Å². The van der Waals surface area contributed by atoms with Gasteiger partial charge < -0.3 is 10.0 Å². The average Bonchev–Trinajstić information content (AvgIpc) is 3.09. The van der Waals surface area contributed by atoms with E-state index in [0.717, 1.165) is 12.1 Å². The van der Waals surface area contributed by atoms with E-state index in [1.807, 2.05) is 12.1 Å². The smallest absolute Gasteiger partial charge is 0.308 e. The van der Waals surface area contributed by atoms with Crippen LogP contribution >= 0.6 is 0 Å². The topological polar surface area (TPSA) is 88.3 Å². The van der Waals surface area contributed by atoms with Crippen LogP contribution in [0.2, 0.25) is 0 Å². The number of piperidine rings is 1. The molecular weight excluding hydrogens is 284 g/mol. The number of carbonyl (C=O) groups excluding carboxylic acids is 1. The van der Waals surface area contributed by atoms with Crippen molar-refractivity contribution >= 4 is 11.9 Å². The summed E-state index contributed by atoms with van der Waals surface area (Å²) in [6, 6.07) is 7.11. The van der Waals surface area contributed by atoms with Gasteiger partial charge in [-0.25, -0.2) is 0 Å². The van der Waals surface area contributed by atoms with Crippen LogP contribution in [-0.4, -0.2) is 49.7 Å². The first kappa shape index (κ1) is 14.2. The molecule has 0 radical (unpaired) electrons. The van der Waals surface area contributed by atoms with E-state index in [-0.39, 0.29) is 12.5 Å². The van der Waals surface area contributed by atoms with Crippen molar-refractivity contribution in [2.75, 3.05) is 13.1 Å². The number of hydrogen-bond acceptors (Lipinski definition) is 4. The van der Waals surface area contributed by atoms with Crippen molar-refractivity contribution in [3.05, 3.63) is 42.5 Å². The first-order valence-corrected chi connectivity index (χ1v) is 7.12. The summed E-state index contributed by atoms with van der Waals surface area (Å²) in [5.74, 6) is -1.42. The lowest BCUT2D eigenvalue weighted by Crippen LogP contribution is -2.42. The van der Waals surface area contributed by atoms with Gasteiger partial charge in [-0.2, -0.15) is 0 Å². The van der Waals surface area contributed by atoms with Gasteiger partial charge in [0, 0.05) is 24.3 Å². The maximum absolute atomic E-state index is 12.5. The second-order valence-electron chi connectivity index (χ2n) is 5.34. The van der Waals surface area contributed by atoms with Crippen LogP contribution in [0.5, 0.6) is 0 Å². The third-order valence-corrected chi connectivity index (χ3v) is 3.89. The number of rotatable bonds is 3. The molecular formula is C15H16N4O3. The zero-order chi connectivity index (χ0) is 15.5. The van der Waals surface area contributed by atoms with E-state index in [9.17, 15) is 9.59 Å². The number of aliphatic carboxylic acids is 1. The molecule has 0 spiro atoms. The van der Waals surface area contributed by atoms with Crippen LogP contribution in [0.1, 0.15) is 23.2 Å². The molecule has 7 heteroatoms. The summed E-state index contributed by atoms with van der Waals surface area (Å²) >= 11 is 0. The van der Waals surface area contributed by atoms with Crippen molar-refractivity contribution in [1.29, 1.82) is 0 Å². The monoisotopic (exact) mass is 300 g/mol. The van der Waals surface area contributed by atoms with Crippen molar-refractivity contribution in [2.24, 2.45) is 5.92 Å². The number of nitrogens with zero attached hydrogens (tertiary/aromatic N) is 4. The Labute approximate surface area is 127 Å². The zero-order valence-electron chi connectivity index (χ0n) is 11.9. The number of aromatic nitrogens is 3. The lowest BCUT2D eigenvalue weighted by atomic mass is 9.97. The maximum atomic E-state index is 12.5. The Kier molecular flexibility index (Phi) is 3.86. The minimum Gasteiger partial charge on any atom is -0.481 e. The van der Waals surface area contributed by atoms with E-state index in [1.54, 1.807) is 34.3 Å². The number of likely N-dealkylation sites (tertiary alicyclic amines) is 1. The predicted molar refractivity (Wildman–Crippen MR) is 77.6 cm³/mol. The van der Waals surface area contributed by atoms with Gasteiger partial charge in [0.2, 0.25) is 0 Å². The fourth-order valence-corrected chi connectivity index (χ4v) is 2.66. The molecule has 2 heterocycles. The summed E-state index contributed by atoms with van der Waals surface area (Å²) in [7, 11) is 0. The van der Waals surface area contributed by atoms with E-state index >= 15 is 0 Å². The molecule has 1 aliphatic heterocycles. The van der Waals surface area contributed by atoms with Crippen molar-refractivity contribution in [2.45, 2.75) is 12.8 Å². The Morgan fingerprint density at radius 3 is 2.45 bits per heavy atom. The van der Waals surface area contributed by atoms with Crippen molar-refractivity contribution in [3.63, 3.8) is 0 Å². The minimum absolute atomic E-state index is 0.124. The third kappa shape index (κ3) is 2.83. The highest BCUT2D eigenvalue weighted by atomic mass is 16.4. The van der Waals surface area contributed by atoms with Gasteiger partial charge >= 0.3 is 5.97 Å². The normalized spacial score (nSPS) is 18.2. The summed E-state index contributed by atoms with van der Waals surface area (Å²) < 4.78 is 1.75. The number of carboxylic acids is 1. The standard InChI is InChI=1S/C15H16N4O3/c20-14(18-7-1-2-12(8-18)15(21)22)11-3-5-13(6-4-11)19-9-16-17-10-19/h3-6,9-10,12H,1-2,7-8H2,(H,21,22). The molecule has 7 nitrogen and oxygen atoms in total. The van der Waals surface area contributed by atoms with Crippen LogP contribution in [-0.2, 0) is 4.79 Å². The van der Waals surface area contributed by atoms with Crippen LogP contribution in [0, 0.1) is 5.92 Å². The number of carboxylic acid groups (broad SMARTS) is 1. The van der Waals surface area contributed by atoms with Crippen LogP contribution in [0.25, 0.3) is 5.69 Å². The molecule has 1 unspecified atom stereocenters. The maximum Gasteiger partial charge on any atom is 0.308 e. The Hall–Kier alpha value is -2.70. The fourth-order valence-electron chi connectivity index (χ4n) is 2.66. The van der Waals surface area contributed by atoms with E-state index in [4.69, 9.17) is 5.11 Å². The molecule has 1 saturated heterocycles. The van der Waals surface area contributed by atoms with Gasteiger partial charge in [0.15, 0.2) is 0 Å². The fraction of sp³-hybridized carbons (Fsp3) is 0.333. The number of carbonyl (C=O) groups is 2. The van der Waals surface area contributed by atoms with Gasteiger partial charge in [-0.1, -0.05) is 0 Å². The molecule has 0 bridgehead atoms. The highest BCUT2D eigenvalue weighted by Crippen LogP contribution is 2.19. The molecule has 1 atom stereocenters. The number of amides is 1. The molecule has 1 aromatic carbocycles. The van der Waals surface area contributed by atoms with Crippen LogP contribution < -0.4 is 0 Å². The van der Waals surface area contributed by atoms with Crippen molar-refractivity contribution in [3.8, 4) is 5.69 Å². The Balaban J connectivity index is 1.73. The van der Waals surface area contributed by atoms with Gasteiger partial charge in [-0.15, -0.1) is 10.2 Å². The van der Waals surface area contributed by atoms with E-state index in [0.29, 0.717) is 18.5 Å². The third-order valence-electron chi connectivity index (χ3n) is 3.89. The van der Waals surface area contributed by atoms with Crippen LogP contribution in [0.4, 0.5) is 0 Å². The largest absolute Gasteiger partial charge is 0.481 e. The summed E-state index contributed by atoms with van der Waals surface area (Å²) in [5, 5.41) is 16.6. The van der Waals surface area contributed by atoms with Crippen LogP contribution in [0.15, 0.2) is 36.9 Å². The van der Waals surface area contributed by atoms with Crippen molar-refractivity contribution in [1.82, 2.24) is 19.7 Å². The number of benzene rings is 1. The Morgan fingerprint density at radius 1 is 1.14 bits per heavy atom. The van der Waals surface area contributed by atoms with Gasteiger partial charge in [0.1, 0.15) is 12.7 Å². The van der Waals surface area contributed by atoms with Gasteiger partial charge in [-0.05, 0) is 37.1 Å². The SMILES string of the molecule is O=C(O)C1CCCN(C(=O)c2ccc(-n3cnnc3)cc2)C1. The zero-order valence-corrected chi connectivity index (χ0v) is 11.9. The highest BCUT2D eigenvalue weighted by molar-refractivity contribution is 5.94. The first-order valence-electron chi connectivity index (χ1n) is 7.12. The lowest BCUT2D eigenvalue weighted by molar-refractivity contribution is -0.143. The Bertz CT molecular complexity index is 667. The second kappa shape index (κ2) is 5.97. The molecule has 0 saturated carbocycles. The molecule has 1 amide bonds. The molecule has 0 aliphatic carbocycles. The Morgan fingerprint density at radius 2 is 1.82 bits per heavy atom. The summed E-state index contributed by atoms with van der Waals surface area (Å²) in [5.41, 5.74) is 1.42. The van der Waals surface area contributed by atoms with Gasteiger partial charge in [0.25, 0.3) is 5.91 Å². The molecule has 3 rings (SSSR count). The van der Waals surface area contributed by atoms with Gasteiger partial charge in [-0.3, -0.25) is 14.2 Å². The van der Waals surface area contributed by atoms with Crippen LogP contribution in [0.3, 0.4) is 0 Å². The number of hydrogen-bond donors (Lipinski definition) is 1. The molecule has 1 N–H and O–H groups in total. The average molecular weight is 300 g/mol. The predicted octanol–water partition coefficient (Wildman–Crippen LogP) is 1.20. The molecule has 1 aromatic heterocycles. The molecule has 22 heavy (non-hydrogen) atoms. The molecule has 1 aliphatic rings. The summed E-state index contributed by atoms with van der Waals surface area (Å²) in [4.78, 5) is 25.2. The lowest BCUT2D eigenvalue weighted by Gasteiger charge is -2.30. The summed E-state index contributed by atoms with van der Waals surface area (Å²) in [6.45, 7) is 0.886. The second-order valence-corrected chi connectivity index (χ2v) is 5.34. The minimum atomic E-state index is -0.833. The van der Waals surface area contributed by atoms with Crippen molar-refractivity contribution < 1.29 is 14.7 Å². The molecule has 1 fully saturated rings. The quantitative estimate of drug-likeness (QED) is 0.920.